The number of furan rings is 1. The standard InChI is InChI=1S/C19H17Cl2N3O3/c1-9(2)24-18-17(19(26)23-24)12(8-16(25)22-18)15-6-5-14(27-15)11-4-3-10(20)7-13(11)21/h3-7,9,12H,8H2,1-2H3,(H,22,25)(H,23,26)/t12-/m1/s1. The third-order valence-corrected chi connectivity index (χ3v) is 5.19. The van der Waals surface area contributed by atoms with Crippen LogP contribution in [0, 0.1) is 0 Å². The number of nitrogens with one attached hydrogen (secondary N) is 2. The molecule has 0 saturated heterocycles. The molecular formula is C19H17Cl2N3O3. The number of carbonyl (C=O) groups is 1. The van der Waals surface area contributed by atoms with E-state index in [1.165, 1.54) is 0 Å². The van der Waals surface area contributed by atoms with E-state index in [1.54, 1.807) is 35.0 Å². The molecule has 0 bridgehead atoms. The molecule has 2 aromatic heterocycles. The molecule has 0 fully saturated rings. The van der Waals surface area contributed by atoms with Crippen LogP contribution in [0.1, 0.15) is 43.6 Å². The van der Waals surface area contributed by atoms with E-state index in [0.29, 0.717) is 38.5 Å². The average molecular weight is 406 g/mol. The van der Waals surface area contributed by atoms with E-state index in [4.69, 9.17) is 27.6 Å². The molecule has 0 radical (unpaired) electrons. The van der Waals surface area contributed by atoms with Crippen LogP contribution in [0.25, 0.3) is 11.3 Å². The van der Waals surface area contributed by atoms with Crippen molar-refractivity contribution in [2.24, 2.45) is 0 Å². The molecular weight excluding hydrogens is 389 g/mol. The molecule has 1 aliphatic heterocycles. The normalized spacial score (nSPS) is 16.5. The smallest absolute Gasteiger partial charge is 0.270 e. The number of carbonyl (C=O) groups excluding carboxylic acids is 1. The Morgan fingerprint density at radius 1 is 1.19 bits per heavy atom. The Morgan fingerprint density at radius 3 is 2.67 bits per heavy atom. The summed E-state index contributed by atoms with van der Waals surface area (Å²) >= 11 is 12.2. The lowest BCUT2D eigenvalue weighted by molar-refractivity contribution is -0.116. The van der Waals surface area contributed by atoms with Gasteiger partial charge in [0.15, 0.2) is 0 Å². The van der Waals surface area contributed by atoms with Crippen LogP contribution in [0.4, 0.5) is 5.82 Å². The number of H-pyrrole nitrogens is 1. The van der Waals surface area contributed by atoms with E-state index in [9.17, 15) is 9.59 Å². The van der Waals surface area contributed by atoms with Gasteiger partial charge in [0.2, 0.25) is 5.91 Å². The Labute approximate surface area is 165 Å². The van der Waals surface area contributed by atoms with Gasteiger partial charge in [-0.25, -0.2) is 0 Å². The van der Waals surface area contributed by atoms with E-state index >= 15 is 0 Å². The van der Waals surface area contributed by atoms with Gasteiger partial charge in [-0.15, -0.1) is 0 Å². The highest BCUT2D eigenvalue weighted by Crippen LogP contribution is 2.39. The highest BCUT2D eigenvalue weighted by atomic mass is 35.5. The summed E-state index contributed by atoms with van der Waals surface area (Å²) < 4.78 is 7.66. The zero-order valence-corrected chi connectivity index (χ0v) is 16.2. The number of hydrogen-bond donors (Lipinski definition) is 2. The topological polar surface area (TPSA) is 80.0 Å². The van der Waals surface area contributed by atoms with Gasteiger partial charge in [-0.05, 0) is 44.2 Å². The van der Waals surface area contributed by atoms with Gasteiger partial charge in [0.25, 0.3) is 5.56 Å². The molecule has 4 rings (SSSR count). The van der Waals surface area contributed by atoms with Gasteiger partial charge >= 0.3 is 0 Å². The molecule has 0 saturated carbocycles. The van der Waals surface area contributed by atoms with E-state index in [1.807, 2.05) is 13.8 Å². The molecule has 3 aromatic rings. The molecule has 1 aliphatic rings. The van der Waals surface area contributed by atoms with E-state index < -0.39 is 5.92 Å². The number of aromatic nitrogens is 2. The van der Waals surface area contributed by atoms with Crippen LogP contribution < -0.4 is 10.9 Å². The van der Waals surface area contributed by atoms with Crippen LogP contribution >= 0.6 is 23.2 Å². The molecule has 1 amide bonds. The summed E-state index contributed by atoms with van der Waals surface area (Å²) in [5, 5.41) is 6.60. The minimum absolute atomic E-state index is 0.000496. The number of nitrogens with zero attached hydrogens (tertiary/aromatic N) is 1. The van der Waals surface area contributed by atoms with Crippen molar-refractivity contribution in [1.82, 2.24) is 9.78 Å². The number of rotatable bonds is 3. The predicted molar refractivity (Wildman–Crippen MR) is 105 cm³/mol. The third kappa shape index (κ3) is 3.09. The number of anilines is 1. The monoisotopic (exact) mass is 405 g/mol. The number of fused-ring (bicyclic) bond motifs is 1. The van der Waals surface area contributed by atoms with Gasteiger partial charge in [-0.3, -0.25) is 19.4 Å². The first-order valence-electron chi connectivity index (χ1n) is 8.54. The number of aromatic amines is 1. The maximum absolute atomic E-state index is 12.5. The van der Waals surface area contributed by atoms with Gasteiger partial charge in [-0.2, -0.15) is 0 Å². The molecule has 8 heteroatoms. The highest BCUT2D eigenvalue weighted by Gasteiger charge is 2.35. The fourth-order valence-corrected chi connectivity index (χ4v) is 3.89. The van der Waals surface area contributed by atoms with Crippen LogP contribution in [0.15, 0.2) is 39.5 Å². The molecule has 0 spiro atoms. The summed E-state index contributed by atoms with van der Waals surface area (Å²) in [6.45, 7) is 3.86. The molecule has 1 aromatic carbocycles. The predicted octanol–water partition coefficient (Wildman–Crippen LogP) is 4.80. The second-order valence-corrected chi connectivity index (χ2v) is 7.64. The summed E-state index contributed by atoms with van der Waals surface area (Å²) in [5.41, 5.74) is 0.971. The summed E-state index contributed by atoms with van der Waals surface area (Å²) in [6.07, 6.45) is 0.138. The van der Waals surface area contributed by atoms with E-state index in [2.05, 4.69) is 10.4 Å². The molecule has 3 heterocycles. The molecule has 2 N–H and O–H groups in total. The zero-order valence-electron chi connectivity index (χ0n) is 14.7. The Hall–Kier alpha value is -2.44. The lowest BCUT2D eigenvalue weighted by atomic mass is 9.92. The van der Waals surface area contributed by atoms with Crippen LogP contribution in [-0.4, -0.2) is 15.7 Å². The highest BCUT2D eigenvalue weighted by molar-refractivity contribution is 6.36. The quantitative estimate of drug-likeness (QED) is 0.656. The minimum Gasteiger partial charge on any atom is -0.460 e. The molecule has 6 nitrogen and oxygen atoms in total. The molecule has 0 unspecified atom stereocenters. The lowest BCUT2D eigenvalue weighted by Crippen LogP contribution is -2.27. The Bertz CT molecular complexity index is 1090. The molecule has 0 aliphatic carbocycles. The largest absolute Gasteiger partial charge is 0.460 e. The fourth-order valence-electron chi connectivity index (χ4n) is 3.39. The molecule has 27 heavy (non-hydrogen) atoms. The van der Waals surface area contributed by atoms with Crippen molar-refractivity contribution in [3.63, 3.8) is 0 Å². The first kappa shape index (κ1) is 17.9. The number of hydrogen-bond acceptors (Lipinski definition) is 3. The first-order valence-corrected chi connectivity index (χ1v) is 9.30. The maximum Gasteiger partial charge on any atom is 0.270 e. The van der Waals surface area contributed by atoms with Crippen LogP contribution in [0.2, 0.25) is 10.0 Å². The lowest BCUT2D eigenvalue weighted by Gasteiger charge is -2.22. The fraction of sp³-hybridized carbons (Fsp3) is 0.263. The number of amides is 1. The van der Waals surface area contributed by atoms with Gasteiger partial charge in [0.05, 0.1) is 16.5 Å². The Morgan fingerprint density at radius 2 is 1.96 bits per heavy atom. The Kier molecular flexibility index (Phi) is 4.40. The third-order valence-electron chi connectivity index (χ3n) is 4.64. The van der Waals surface area contributed by atoms with Gasteiger partial charge in [0.1, 0.15) is 17.3 Å². The summed E-state index contributed by atoms with van der Waals surface area (Å²) in [6, 6.07) is 8.70. The van der Waals surface area contributed by atoms with Crippen LogP contribution in [0.5, 0.6) is 0 Å². The first-order chi connectivity index (χ1) is 12.8. The van der Waals surface area contributed by atoms with Crippen molar-refractivity contribution in [2.45, 2.75) is 32.2 Å². The van der Waals surface area contributed by atoms with Crippen molar-refractivity contribution >= 4 is 34.9 Å². The number of halogens is 2. The van der Waals surface area contributed by atoms with E-state index in [-0.39, 0.29) is 23.9 Å². The number of benzene rings is 1. The van der Waals surface area contributed by atoms with Crippen LogP contribution in [-0.2, 0) is 4.79 Å². The SMILES string of the molecule is CC(C)n1[nH]c(=O)c2c1NC(=O)C[C@@H]2c1ccc(-c2ccc(Cl)cc2Cl)o1. The summed E-state index contributed by atoms with van der Waals surface area (Å²) in [5.74, 6) is 0.970. The van der Waals surface area contributed by atoms with Gasteiger partial charge in [-0.1, -0.05) is 23.2 Å². The van der Waals surface area contributed by atoms with Crippen molar-refractivity contribution in [3.05, 3.63) is 62.1 Å². The second-order valence-electron chi connectivity index (χ2n) is 6.80. The van der Waals surface area contributed by atoms with Crippen molar-refractivity contribution in [3.8, 4) is 11.3 Å². The zero-order chi connectivity index (χ0) is 19.3. The Balaban J connectivity index is 1.79. The van der Waals surface area contributed by atoms with Crippen LogP contribution in [0.3, 0.4) is 0 Å². The van der Waals surface area contributed by atoms with Crippen molar-refractivity contribution in [2.75, 3.05) is 5.32 Å². The summed E-state index contributed by atoms with van der Waals surface area (Å²) in [7, 11) is 0. The van der Waals surface area contributed by atoms with E-state index in [0.717, 1.165) is 0 Å². The van der Waals surface area contributed by atoms with Crippen molar-refractivity contribution in [1.29, 1.82) is 0 Å². The van der Waals surface area contributed by atoms with Crippen molar-refractivity contribution < 1.29 is 9.21 Å². The minimum atomic E-state index is -0.461. The maximum atomic E-state index is 12.5. The van der Waals surface area contributed by atoms with Gasteiger partial charge in [0, 0.05) is 23.0 Å². The average Bonchev–Trinajstić information content (AvgIpc) is 3.19. The van der Waals surface area contributed by atoms with Gasteiger partial charge < -0.3 is 9.73 Å². The molecule has 1 atom stereocenters. The molecule has 140 valence electrons. The second kappa shape index (κ2) is 6.62. The summed E-state index contributed by atoms with van der Waals surface area (Å²) in [4.78, 5) is 24.8.